The van der Waals surface area contributed by atoms with E-state index in [4.69, 9.17) is 4.74 Å². The molecule has 4 atom stereocenters. The maximum absolute atomic E-state index is 11.8. The van der Waals surface area contributed by atoms with Crippen molar-refractivity contribution in [1.29, 1.82) is 0 Å². The molecule has 122 valence electrons. The van der Waals surface area contributed by atoms with Gasteiger partial charge < -0.3 is 15.4 Å². The van der Waals surface area contributed by atoms with Gasteiger partial charge in [-0.05, 0) is 43.9 Å². The highest BCUT2D eigenvalue weighted by Gasteiger charge is 2.28. The first kappa shape index (κ1) is 18.0. The molecule has 0 aromatic carbocycles. The lowest BCUT2D eigenvalue weighted by atomic mass is 9.77. The molecule has 5 nitrogen and oxygen atoms in total. The second-order valence-electron chi connectivity index (χ2n) is 6.61. The molecule has 0 bridgehead atoms. The van der Waals surface area contributed by atoms with Crippen LogP contribution >= 0.6 is 0 Å². The van der Waals surface area contributed by atoms with Crippen molar-refractivity contribution in [3.63, 3.8) is 0 Å². The van der Waals surface area contributed by atoms with Gasteiger partial charge in [0.15, 0.2) is 0 Å². The van der Waals surface area contributed by atoms with Gasteiger partial charge in [-0.3, -0.25) is 9.59 Å². The molecule has 4 unspecified atom stereocenters. The fraction of sp³-hybridized carbons (Fsp3) is 0.875. The second kappa shape index (κ2) is 8.37. The van der Waals surface area contributed by atoms with E-state index in [0.717, 1.165) is 11.8 Å². The van der Waals surface area contributed by atoms with Crippen molar-refractivity contribution in [2.75, 3.05) is 13.7 Å². The van der Waals surface area contributed by atoms with E-state index in [0.29, 0.717) is 12.5 Å². The lowest BCUT2D eigenvalue weighted by Gasteiger charge is -2.32. The van der Waals surface area contributed by atoms with Crippen molar-refractivity contribution >= 4 is 11.8 Å². The molecule has 0 radical (unpaired) electrons. The largest absolute Gasteiger partial charge is 0.376 e. The van der Waals surface area contributed by atoms with Crippen LogP contribution in [0.1, 0.15) is 47.0 Å². The Morgan fingerprint density at radius 3 is 2.24 bits per heavy atom. The van der Waals surface area contributed by atoms with E-state index in [1.165, 1.54) is 26.2 Å². The van der Waals surface area contributed by atoms with Crippen LogP contribution in [0.3, 0.4) is 0 Å². The number of hydrogen-bond acceptors (Lipinski definition) is 3. The molecule has 2 amide bonds. The summed E-state index contributed by atoms with van der Waals surface area (Å²) < 4.78 is 5.89. The molecule has 1 rings (SSSR count). The van der Waals surface area contributed by atoms with Crippen molar-refractivity contribution in [3.05, 3.63) is 0 Å². The Hall–Kier alpha value is -1.10. The first-order valence-corrected chi connectivity index (χ1v) is 7.93. The molecule has 1 aliphatic rings. The number of carbonyl (C=O) groups is 2. The third-order valence-corrected chi connectivity index (χ3v) is 4.23. The van der Waals surface area contributed by atoms with E-state index < -0.39 is 6.04 Å². The molecule has 0 aromatic rings. The molecule has 1 fully saturated rings. The Morgan fingerprint density at radius 1 is 1.19 bits per heavy atom. The van der Waals surface area contributed by atoms with Crippen LogP contribution in [0.4, 0.5) is 0 Å². The van der Waals surface area contributed by atoms with E-state index in [1.807, 2.05) is 6.92 Å². The Kier molecular flexibility index (Phi) is 7.15. The van der Waals surface area contributed by atoms with Crippen molar-refractivity contribution in [1.82, 2.24) is 10.6 Å². The van der Waals surface area contributed by atoms with Crippen molar-refractivity contribution < 1.29 is 14.3 Å². The summed E-state index contributed by atoms with van der Waals surface area (Å²) in [5.41, 5.74) is 0. The summed E-state index contributed by atoms with van der Waals surface area (Å²) in [6, 6.07) is -0.633. The van der Waals surface area contributed by atoms with Gasteiger partial charge in [-0.2, -0.15) is 0 Å². The second-order valence-corrected chi connectivity index (χ2v) is 6.61. The predicted molar refractivity (Wildman–Crippen MR) is 82.8 cm³/mol. The van der Waals surface area contributed by atoms with Crippen LogP contribution in [0.2, 0.25) is 0 Å². The normalized spacial score (nSPS) is 28.5. The standard InChI is InChI=1S/C16H30N2O3/c1-10-6-11(2)8-14(7-10)9-21-12(3)15(16(20)17-5)18-13(4)19/h10-12,14-15H,6-9H2,1-5H3,(H,17,20)(H,18,19). The van der Waals surface area contributed by atoms with Crippen LogP contribution in [0.25, 0.3) is 0 Å². The lowest BCUT2D eigenvalue weighted by Crippen LogP contribution is -2.52. The van der Waals surface area contributed by atoms with E-state index in [9.17, 15) is 9.59 Å². The van der Waals surface area contributed by atoms with Gasteiger partial charge >= 0.3 is 0 Å². The average Bonchev–Trinajstić information content (AvgIpc) is 2.40. The minimum atomic E-state index is -0.633. The van der Waals surface area contributed by atoms with Crippen LogP contribution in [0.5, 0.6) is 0 Å². The predicted octanol–water partition coefficient (Wildman–Crippen LogP) is 1.71. The molecular formula is C16H30N2O3. The molecule has 2 N–H and O–H groups in total. The molecule has 0 saturated heterocycles. The van der Waals surface area contributed by atoms with Gasteiger partial charge in [0, 0.05) is 20.6 Å². The van der Waals surface area contributed by atoms with Gasteiger partial charge in [-0.15, -0.1) is 0 Å². The molecule has 0 aromatic heterocycles. The fourth-order valence-electron chi connectivity index (χ4n) is 3.40. The maximum Gasteiger partial charge on any atom is 0.245 e. The van der Waals surface area contributed by atoms with Crippen LogP contribution in [-0.4, -0.2) is 37.6 Å². The van der Waals surface area contributed by atoms with E-state index in [-0.39, 0.29) is 17.9 Å². The molecule has 21 heavy (non-hydrogen) atoms. The first-order valence-electron chi connectivity index (χ1n) is 7.93. The lowest BCUT2D eigenvalue weighted by molar-refractivity contribution is -0.132. The van der Waals surface area contributed by atoms with Crippen LogP contribution in [-0.2, 0) is 14.3 Å². The number of amides is 2. The van der Waals surface area contributed by atoms with Crippen molar-refractivity contribution in [2.45, 2.75) is 59.1 Å². The number of ether oxygens (including phenoxy) is 1. The van der Waals surface area contributed by atoms with Gasteiger partial charge in [0.25, 0.3) is 0 Å². The third kappa shape index (κ3) is 6.04. The summed E-state index contributed by atoms with van der Waals surface area (Å²) in [6.45, 7) is 8.48. The minimum absolute atomic E-state index is 0.219. The quantitative estimate of drug-likeness (QED) is 0.784. The zero-order valence-corrected chi connectivity index (χ0v) is 13.9. The zero-order valence-electron chi connectivity index (χ0n) is 13.9. The number of likely N-dealkylation sites (N-methyl/N-ethyl adjacent to an activating group) is 1. The molecule has 5 heteroatoms. The van der Waals surface area contributed by atoms with Gasteiger partial charge in [0.05, 0.1) is 6.10 Å². The maximum atomic E-state index is 11.8. The van der Waals surface area contributed by atoms with Crippen molar-refractivity contribution in [2.24, 2.45) is 17.8 Å². The monoisotopic (exact) mass is 298 g/mol. The number of nitrogens with one attached hydrogen (secondary N) is 2. The molecule has 0 spiro atoms. The first-order chi connectivity index (χ1) is 9.83. The highest BCUT2D eigenvalue weighted by molar-refractivity contribution is 5.87. The summed E-state index contributed by atoms with van der Waals surface area (Å²) >= 11 is 0. The Morgan fingerprint density at radius 2 is 1.76 bits per heavy atom. The van der Waals surface area contributed by atoms with Crippen LogP contribution in [0.15, 0.2) is 0 Å². The molecule has 0 heterocycles. The van der Waals surface area contributed by atoms with Gasteiger partial charge in [-0.1, -0.05) is 13.8 Å². The Labute approximate surface area is 128 Å². The summed E-state index contributed by atoms with van der Waals surface area (Å²) in [5, 5.41) is 5.23. The Balaban J connectivity index is 2.50. The van der Waals surface area contributed by atoms with Crippen LogP contribution < -0.4 is 10.6 Å². The average molecular weight is 298 g/mol. The summed E-state index contributed by atoms with van der Waals surface area (Å²) in [7, 11) is 1.56. The topological polar surface area (TPSA) is 67.4 Å². The van der Waals surface area contributed by atoms with Gasteiger partial charge in [-0.25, -0.2) is 0 Å². The smallest absolute Gasteiger partial charge is 0.245 e. The van der Waals surface area contributed by atoms with E-state index in [2.05, 4.69) is 24.5 Å². The van der Waals surface area contributed by atoms with Crippen LogP contribution in [0, 0.1) is 17.8 Å². The molecule has 1 aliphatic carbocycles. The molecule has 0 aliphatic heterocycles. The minimum Gasteiger partial charge on any atom is -0.376 e. The third-order valence-electron chi connectivity index (χ3n) is 4.23. The van der Waals surface area contributed by atoms with E-state index >= 15 is 0 Å². The van der Waals surface area contributed by atoms with Gasteiger partial charge in [0.2, 0.25) is 11.8 Å². The molecular weight excluding hydrogens is 268 g/mol. The SMILES string of the molecule is CNC(=O)C(NC(C)=O)C(C)OCC1CC(C)CC(C)C1. The summed E-state index contributed by atoms with van der Waals surface area (Å²) in [4.78, 5) is 23.1. The fourth-order valence-corrected chi connectivity index (χ4v) is 3.40. The summed E-state index contributed by atoms with van der Waals surface area (Å²) in [5.74, 6) is 1.58. The molecule has 1 saturated carbocycles. The number of carbonyl (C=O) groups excluding carboxylic acids is 2. The van der Waals surface area contributed by atoms with E-state index in [1.54, 1.807) is 7.05 Å². The highest BCUT2D eigenvalue weighted by Crippen LogP contribution is 2.33. The number of hydrogen-bond donors (Lipinski definition) is 2. The summed E-state index contributed by atoms with van der Waals surface area (Å²) in [6.07, 6.45) is 3.32. The van der Waals surface area contributed by atoms with Crippen molar-refractivity contribution in [3.8, 4) is 0 Å². The highest BCUT2D eigenvalue weighted by atomic mass is 16.5. The van der Waals surface area contributed by atoms with Gasteiger partial charge in [0.1, 0.15) is 6.04 Å². The Bertz CT molecular complexity index is 349. The number of rotatable bonds is 6. The zero-order chi connectivity index (χ0) is 16.0.